The Kier molecular flexibility index (Phi) is 8.20. The molecule has 0 aliphatic carbocycles. The summed E-state index contributed by atoms with van der Waals surface area (Å²) >= 11 is 0. The minimum Gasteiger partial charge on any atom is -0.497 e. The summed E-state index contributed by atoms with van der Waals surface area (Å²) in [6, 6.07) is 10.9. The predicted octanol–water partition coefficient (Wildman–Crippen LogP) is 2.78. The summed E-state index contributed by atoms with van der Waals surface area (Å²) in [7, 11) is 1.62. The van der Waals surface area contributed by atoms with Crippen LogP contribution in [0.3, 0.4) is 0 Å². The highest BCUT2D eigenvalue weighted by Gasteiger charge is 2.36. The second-order valence-electron chi connectivity index (χ2n) is 9.12. The Morgan fingerprint density at radius 2 is 1.91 bits per heavy atom. The Labute approximate surface area is 206 Å². The van der Waals surface area contributed by atoms with Crippen molar-refractivity contribution >= 4 is 17.5 Å². The average Bonchev–Trinajstić information content (AvgIpc) is 3.57. The molecule has 0 N–H and O–H groups in total. The molecule has 188 valence electrons. The van der Waals surface area contributed by atoms with Crippen molar-refractivity contribution in [2.75, 3.05) is 53.0 Å². The van der Waals surface area contributed by atoms with Crippen LogP contribution in [-0.2, 0) is 14.3 Å². The first-order valence-corrected chi connectivity index (χ1v) is 12.1. The van der Waals surface area contributed by atoms with Crippen LogP contribution in [0.1, 0.15) is 37.6 Å². The molecular formula is C26H34N4O5. The first-order valence-electron chi connectivity index (χ1n) is 12.1. The molecule has 2 aromatic rings. The molecule has 1 aromatic heterocycles. The van der Waals surface area contributed by atoms with Gasteiger partial charge in [0.25, 0.3) is 5.91 Å². The van der Waals surface area contributed by atoms with Crippen molar-refractivity contribution in [3.8, 4) is 5.75 Å². The molecule has 0 saturated carbocycles. The van der Waals surface area contributed by atoms with E-state index in [1.54, 1.807) is 24.3 Å². The number of furan rings is 1. The van der Waals surface area contributed by atoms with Crippen molar-refractivity contribution in [3.05, 3.63) is 54.0 Å². The highest BCUT2D eigenvalue weighted by Crippen LogP contribution is 2.33. The lowest BCUT2D eigenvalue weighted by atomic mass is 10.0. The minimum absolute atomic E-state index is 0.0298. The van der Waals surface area contributed by atoms with Gasteiger partial charge in [-0.3, -0.25) is 14.5 Å². The molecule has 9 nitrogen and oxygen atoms in total. The number of carbonyl (C=O) groups is 2. The summed E-state index contributed by atoms with van der Waals surface area (Å²) in [5, 5.41) is 6.17. The number of nitrogens with zero attached hydrogens (tertiary/aromatic N) is 4. The monoisotopic (exact) mass is 482 g/mol. The van der Waals surface area contributed by atoms with E-state index in [4.69, 9.17) is 19.0 Å². The fourth-order valence-corrected chi connectivity index (χ4v) is 4.36. The molecule has 1 atom stereocenters. The van der Waals surface area contributed by atoms with Crippen molar-refractivity contribution < 1.29 is 23.5 Å². The second kappa shape index (κ2) is 11.5. The van der Waals surface area contributed by atoms with Gasteiger partial charge >= 0.3 is 0 Å². The lowest BCUT2D eigenvalue weighted by Crippen LogP contribution is -2.47. The van der Waals surface area contributed by atoms with E-state index in [1.165, 1.54) is 5.01 Å². The number of rotatable bonds is 9. The Balaban J connectivity index is 1.52. The van der Waals surface area contributed by atoms with E-state index in [-0.39, 0.29) is 30.3 Å². The van der Waals surface area contributed by atoms with Gasteiger partial charge in [0.05, 0.1) is 32.3 Å². The van der Waals surface area contributed by atoms with Gasteiger partial charge < -0.3 is 18.8 Å². The van der Waals surface area contributed by atoms with E-state index >= 15 is 0 Å². The quantitative estimate of drug-likeness (QED) is 0.546. The van der Waals surface area contributed by atoms with E-state index in [9.17, 15) is 9.59 Å². The van der Waals surface area contributed by atoms with E-state index in [2.05, 4.69) is 4.90 Å². The Hall–Kier alpha value is -3.17. The third-order valence-electron chi connectivity index (χ3n) is 6.38. The molecule has 1 aromatic carbocycles. The zero-order chi connectivity index (χ0) is 24.8. The van der Waals surface area contributed by atoms with Gasteiger partial charge in [-0.25, -0.2) is 5.01 Å². The number of benzene rings is 1. The summed E-state index contributed by atoms with van der Waals surface area (Å²) in [6.45, 7) is 7.93. The number of methoxy groups -OCH3 is 1. The summed E-state index contributed by atoms with van der Waals surface area (Å²) < 4.78 is 16.3. The van der Waals surface area contributed by atoms with Crippen molar-refractivity contribution in [2.45, 2.75) is 26.3 Å². The minimum atomic E-state index is -0.357. The third kappa shape index (κ3) is 6.10. The Bertz CT molecular complexity index is 1010. The topological polar surface area (TPSA) is 87.8 Å². The number of hydrogen-bond donors (Lipinski definition) is 0. The first kappa shape index (κ1) is 24.9. The number of hydrazone groups is 1. The molecule has 2 aliphatic heterocycles. The fraction of sp³-hybridized carbons (Fsp3) is 0.500. The van der Waals surface area contributed by atoms with Crippen LogP contribution in [0.2, 0.25) is 0 Å². The Morgan fingerprint density at radius 1 is 1.17 bits per heavy atom. The molecule has 1 saturated heterocycles. The molecule has 9 heteroatoms. The molecule has 0 bridgehead atoms. The van der Waals surface area contributed by atoms with E-state index < -0.39 is 0 Å². The average molecular weight is 483 g/mol. The summed E-state index contributed by atoms with van der Waals surface area (Å²) in [6.07, 6.45) is 2.12. The smallest absolute Gasteiger partial charge is 0.262 e. The van der Waals surface area contributed by atoms with Gasteiger partial charge in [-0.15, -0.1) is 0 Å². The molecule has 0 unspecified atom stereocenters. The number of amides is 2. The number of ether oxygens (including phenoxy) is 2. The molecule has 1 fully saturated rings. The number of carbonyl (C=O) groups excluding carboxylic acids is 2. The van der Waals surface area contributed by atoms with Crippen LogP contribution in [-0.4, -0.2) is 85.4 Å². The first-order chi connectivity index (χ1) is 17.0. The van der Waals surface area contributed by atoms with Gasteiger partial charge in [-0.1, -0.05) is 13.8 Å². The van der Waals surface area contributed by atoms with Crippen LogP contribution in [0.15, 0.2) is 52.2 Å². The van der Waals surface area contributed by atoms with Gasteiger partial charge in [0, 0.05) is 38.5 Å². The van der Waals surface area contributed by atoms with Crippen LogP contribution in [0.25, 0.3) is 0 Å². The summed E-state index contributed by atoms with van der Waals surface area (Å²) in [5.74, 6) is 0.947. The predicted molar refractivity (Wildman–Crippen MR) is 131 cm³/mol. The van der Waals surface area contributed by atoms with Crippen LogP contribution in [0.4, 0.5) is 0 Å². The van der Waals surface area contributed by atoms with Crippen LogP contribution in [0.5, 0.6) is 5.75 Å². The largest absolute Gasteiger partial charge is 0.497 e. The number of morpholine rings is 1. The van der Waals surface area contributed by atoms with Crippen molar-refractivity contribution in [2.24, 2.45) is 11.0 Å². The lowest BCUT2D eigenvalue weighted by Gasteiger charge is -2.31. The van der Waals surface area contributed by atoms with Crippen molar-refractivity contribution in [3.63, 3.8) is 0 Å². The van der Waals surface area contributed by atoms with E-state index in [0.29, 0.717) is 38.5 Å². The van der Waals surface area contributed by atoms with Gasteiger partial charge in [-0.05, 0) is 42.0 Å². The third-order valence-corrected chi connectivity index (χ3v) is 6.38. The van der Waals surface area contributed by atoms with E-state index in [0.717, 1.165) is 30.1 Å². The normalized spacial score (nSPS) is 18.6. The highest BCUT2D eigenvalue weighted by molar-refractivity contribution is 6.03. The zero-order valence-electron chi connectivity index (χ0n) is 20.7. The SMILES string of the molecule is COc1ccc(C2=NN(C(=O)CN(CCN3CCOCC3)C(=O)C(C)C)[C@@H](c3ccco3)C2)cc1. The molecule has 2 aliphatic rings. The molecule has 35 heavy (non-hydrogen) atoms. The lowest BCUT2D eigenvalue weighted by molar-refractivity contribution is -0.143. The fourth-order valence-electron chi connectivity index (χ4n) is 4.36. The maximum Gasteiger partial charge on any atom is 0.262 e. The van der Waals surface area contributed by atoms with Crippen molar-refractivity contribution in [1.29, 1.82) is 0 Å². The van der Waals surface area contributed by atoms with Crippen LogP contribution < -0.4 is 4.74 Å². The Morgan fingerprint density at radius 3 is 2.54 bits per heavy atom. The van der Waals surface area contributed by atoms with Crippen molar-refractivity contribution in [1.82, 2.24) is 14.8 Å². The molecule has 0 spiro atoms. The molecular weight excluding hydrogens is 448 g/mol. The number of hydrogen-bond acceptors (Lipinski definition) is 7. The maximum atomic E-state index is 13.5. The van der Waals surface area contributed by atoms with Crippen LogP contribution in [0, 0.1) is 5.92 Å². The van der Waals surface area contributed by atoms with Crippen LogP contribution >= 0.6 is 0 Å². The highest BCUT2D eigenvalue weighted by atomic mass is 16.5. The maximum absolute atomic E-state index is 13.5. The molecule has 3 heterocycles. The summed E-state index contributed by atoms with van der Waals surface area (Å²) in [4.78, 5) is 30.4. The van der Waals surface area contributed by atoms with Gasteiger partial charge in [0.2, 0.25) is 5.91 Å². The van der Waals surface area contributed by atoms with Gasteiger partial charge in [-0.2, -0.15) is 5.10 Å². The van der Waals surface area contributed by atoms with Gasteiger partial charge in [0.15, 0.2) is 0 Å². The summed E-state index contributed by atoms with van der Waals surface area (Å²) in [5.41, 5.74) is 1.71. The van der Waals surface area contributed by atoms with E-state index in [1.807, 2.05) is 44.2 Å². The zero-order valence-corrected chi connectivity index (χ0v) is 20.7. The van der Waals surface area contributed by atoms with Gasteiger partial charge in [0.1, 0.15) is 24.1 Å². The standard InChI is InChI=1S/C26H34N4O5/c1-19(2)26(32)29(11-10-28-12-15-34-16-13-28)18-25(31)30-23(24-5-4-14-35-24)17-22(27-30)20-6-8-21(33-3)9-7-20/h4-9,14,19,23H,10-13,15-18H2,1-3H3/t23-/m1/s1. The molecule has 2 amide bonds. The second-order valence-corrected chi connectivity index (χ2v) is 9.12. The molecule has 4 rings (SSSR count). The molecule has 0 radical (unpaired) electrons.